The molecule has 1 rings (SSSR count). The Labute approximate surface area is 197 Å². The van der Waals surface area contributed by atoms with Gasteiger partial charge in [-0.25, -0.2) is 5.10 Å². The molecule has 2 unspecified atom stereocenters. The van der Waals surface area contributed by atoms with E-state index in [1.807, 2.05) is 6.07 Å². The van der Waals surface area contributed by atoms with Gasteiger partial charge in [-0.1, -0.05) is 98.3 Å². The monoisotopic (exact) mass is 452 g/mol. The van der Waals surface area contributed by atoms with E-state index < -0.39 is 0 Å². The van der Waals surface area contributed by atoms with E-state index >= 15 is 0 Å². The summed E-state index contributed by atoms with van der Waals surface area (Å²) in [5, 5.41) is 7.25. The summed E-state index contributed by atoms with van der Waals surface area (Å²) in [5.41, 5.74) is 1.03. The molecule has 1 aromatic rings. The summed E-state index contributed by atoms with van der Waals surface area (Å²) in [6, 6.07) is 3.64. The molecule has 4 heteroatoms. The molecule has 31 heavy (non-hydrogen) atoms. The maximum Gasteiger partial charge on any atom is 0.264 e. The Morgan fingerprint density at radius 1 is 0.871 bits per heavy atom. The Balaban J connectivity index is 2.82. The number of aromatic nitrogens is 2. The molecule has 0 bridgehead atoms. The third-order valence-corrected chi connectivity index (χ3v) is 7.47. The fourth-order valence-corrected chi connectivity index (χ4v) is 5.34. The van der Waals surface area contributed by atoms with E-state index in [4.69, 9.17) is 11.6 Å². The Hall–Kier alpha value is -0.830. The highest BCUT2D eigenvalue weighted by Crippen LogP contribution is 2.41. The van der Waals surface area contributed by atoms with Crippen LogP contribution in [0, 0.1) is 11.8 Å². The predicted octanol–water partition coefficient (Wildman–Crippen LogP) is 8.41. The zero-order chi connectivity index (χ0) is 23.0. The highest BCUT2D eigenvalue weighted by Gasteiger charge is 2.36. The van der Waals surface area contributed by atoms with Crippen LogP contribution in [-0.4, -0.2) is 16.1 Å². The molecule has 1 aromatic heterocycles. The van der Waals surface area contributed by atoms with Gasteiger partial charge in [-0.3, -0.25) is 4.79 Å². The first-order valence-corrected chi connectivity index (χ1v) is 13.7. The van der Waals surface area contributed by atoms with Crippen molar-refractivity contribution in [1.82, 2.24) is 10.2 Å². The molecule has 0 aromatic carbocycles. The topological polar surface area (TPSA) is 45.8 Å². The van der Waals surface area contributed by atoms with Gasteiger partial charge in [0.25, 0.3) is 5.56 Å². The number of hydrogen-bond donors (Lipinski definition) is 1. The van der Waals surface area contributed by atoms with Crippen molar-refractivity contribution in [3.8, 4) is 0 Å². The van der Waals surface area contributed by atoms with Gasteiger partial charge in [-0.2, -0.15) is 5.10 Å². The van der Waals surface area contributed by atoms with Crippen molar-refractivity contribution in [2.75, 3.05) is 5.88 Å². The molecule has 0 aliphatic carbocycles. The van der Waals surface area contributed by atoms with Crippen molar-refractivity contribution in [2.24, 2.45) is 11.8 Å². The van der Waals surface area contributed by atoms with Gasteiger partial charge in [-0.15, -0.1) is 11.6 Å². The standard InChI is InChI=1S/C27H49ClN2O/c1-5-7-8-9-10-11-12-20-27(23(3)4,25-18-19-26(31)30-29-25)21-13-16-24(15-6-2)17-14-22-28/h18-19,23-24H,5-17,20-22H2,1-4H3,(H,30,31). The van der Waals surface area contributed by atoms with Crippen molar-refractivity contribution in [1.29, 1.82) is 0 Å². The van der Waals surface area contributed by atoms with Crippen molar-refractivity contribution in [3.63, 3.8) is 0 Å². The van der Waals surface area contributed by atoms with Crippen LogP contribution in [0.4, 0.5) is 0 Å². The van der Waals surface area contributed by atoms with E-state index in [0.717, 1.165) is 36.8 Å². The SMILES string of the molecule is CCCCCCCCCC(CCCC(CCC)CCCCl)(c1ccc(=O)[nH]n1)C(C)C. The van der Waals surface area contributed by atoms with Crippen molar-refractivity contribution >= 4 is 11.6 Å². The van der Waals surface area contributed by atoms with Crippen molar-refractivity contribution in [2.45, 2.75) is 129 Å². The third kappa shape index (κ3) is 10.6. The molecule has 0 aliphatic rings. The van der Waals surface area contributed by atoms with Gasteiger partial charge in [0.15, 0.2) is 0 Å². The molecule has 0 amide bonds. The van der Waals surface area contributed by atoms with Gasteiger partial charge < -0.3 is 0 Å². The molecule has 0 radical (unpaired) electrons. The molecule has 1 N–H and O–H groups in total. The summed E-state index contributed by atoms with van der Waals surface area (Å²) in [5.74, 6) is 2.06. The number of alkyl halides is 1. The van der Waals surface area contributed by atoms with E-state index in [1.165, 1.54) is 77.0 Å². The van der Waals surface area contributed by atoms with Gasteiger partial charge in [0.05, 0.1) is 5.69 Å². The molecule has 180 valence electrons. The first-order valence-electron chi connectivity index (χ1n) is 13.1. The van der Waals surface area contributed by atoms with Crippen LogP contribution in [0.5, 0.6) is 0 Å². The molecule has 2 atom stereocenters. The van der Waals surface area contributed by atoms with Crippen molar-refractivity contribution in [3.05, 3.63) is 28.2 Å². The van der Waals surface area contributed by atoms with E-state index in [9.17, 15) is 4.79 Å². The Morgan fingerprint density at radius 2 is 1.52 bits per heavy atom. The average Bonchev–Trinajstić information content (AvgIpc) is 2.76. The van der Waals surface area contributed by atoms with Gasteiger partial charge in [-0.05, 0) is 43.6 Å². The maximum absolute atomic E-state index is 11.7. The lowest BCUT2D eigenvalue weighted by molar-refractivity contribution is 0.229. The number of H-pyrrole nitrogens is 1. The average molecular weight is 453 g/mol. The molecule has 0 fully saturated rings. The second-order valence-electron chi connectivity index (χ2n) is 9.87. The first-order chi connectivity index (χ1) is 15.0. The minimum atomic E-state index is -0.110. The quantitative estimate of drug-likeness (QED) is 0.169. The van der Waals surface area contributed by atoms with Crippen LogP contribution in [0.25, 0.3) is 0 Å². The second-order valence-corrected chi connectivity index (χ2v) is 10.2. The van der Waals surface area contributed by atoms with Gasteiger partial charge in [0.2, 0.25) is 0 Å². The van der Waals surface area contributed by atoms with E-state index in [-0.39, 0.29) is 11.0 Å². The minimum absolute atomic E-state index is 0.0524. The van der Waals surface area contributed by atoms with E-state index in [0.29, 0.717) is 5.92 Å². The fraction of sp³-hybridized carbons (Fsp3) is 0.852. The number of rotatable bonds is 19. The third-order valence-electron chi connectivity index (χ3n) is 7.20. The van der Waals surface area contributed by atoms with E-state index in [2.05, 4.69) is 37.9 Å². The Bertz CT molecular complexity index is 595. The summed E-state index contributed by atoms with van der Waals surface area (Å²) in [7, 11) is 0. The molecule has 3 nitrogen and oxygen atoms in total. The highest BCUT2D eigenvalue weighted by molar-refractivity contribution is 6.17. The van der Waals surface area contributed by atoms with Crippen LogP contribution in [0.15, 0.2) is 16.9 Å². The maximum atomic E-state index is 11.7. The van der Waals surface area contributed by atoms with E-state index in [1.54, 1.807) is 6.07 Å². The van der Waals surface area contributed by atoms with Gasteiger partial charge >= 0.3 is 0 Å². The Kier molecular flexibility index (Phi) is 15.2. The van der Waals surface area contributed by atoms with Crippen LogP contribution in [0.1, 0.15) is 130 Å². The molecule has 0 saturated heterocycles. The summed E-state index contributed by atoms with van der Waals surface area (Å²) in [6.45, 7) is 9.24. The molecule has 1 heterocycles. The van der Waals surface area contributed by atoms with Gasteiger partial charge in [0, 0.05) is 17.4 Å². The smallest absolute Gasteiger partial charge is 0.264 e. The van der Waals surface area contributed by atoms with Gasteiger partial charge in [0.1, 0.15) is 0 Å². The number of nitrogens with one attached hydrogen (secondary N) is 1. The van der Waals surface area contributed by atoms with Crippen LogP contribution in [0.2, 0.25) is 0 Å². The fourth-order valence-electron chi connectivity index (χ4n) is 5.19. The number of unbranched alkanes of at least 4 members (excludes halogenated alkanes) is 6. The lowest BCUT2D eigenvalue weighted by Gasteiger charge is -2.38. The lowest BCUT2D eigenvalue weighted by atomic mass is 9.67. The number of halogens is 1. The summed E-state index contributed by atoms with van der Waals surface area (Å²) < 4.78 is 0. The first kappa shape index (κ1) is 28.2. The number of hydrogen-bond acceptors (Lipinski definition) is 2. The number of nitrogens with zero attached hydrogens (tertiary/aromatic N) is 1. The van der Waals surface area contributed by atoms with Crippen molar-refractivity contribution < 1.29 is 0 Å². The number of aromatic amines is 1. The zero-order valence-corrected chi connectivity index (χ0v) is 21.6. The Morgan fingerprint density at radius 3 is 2.10 bits per heavy atom. The minimum Gasteiger partial charge on any atom is -0.268 e. The molecule has 0 spiro atoms. The molecular weight excluding hydrogens is 404 g/mol. The highest BCUT2D eigenvalue weighted by atomic mass is 35.5. The lowest BCUT2D eigenvalue weighted by Crippen LogP contribution is -2.35. The van der Waals surface area contributed by atoms with Crippen LogP contribution in [0.3, 0.4) is 0 Å². The summed E-state index contributed by atoms with van der Waals surface area (Å²) in [6.07, 6.45) is 19.0. The predicted molar refractivity (Wildman–Crippen MR) is 136 cm³/mol. The molecule has 0 saturated carbocycles. The van der Waals surface area contributed by atoms with Crippen LogP contribution >= 0.6 is 11.6 Å². The molecule has 0 aliphatic heterocycles. The zero-order valence-electron chi connectivity index (χ0n) is 20.9. The summed E-state index contributed by atoms with van der Waals surface area (Å²) >= 11 is 5.96. The summed E-state index contributed by atoms with van der Waals surface area (Å²) in [4.78, 5) is 11.7. The van der Waals surface area contributed by atoms with Crippen LogP contribution < -0.4 is 5.56 Å². The molecular formula is C27H49ClN2O. The largest absolute Gasteiger partial charge is 0.268 e. The van der Waals surface area contributed by atoms with Crippen LogP contribution in [-0.2, 0) is 5.41 Å². The second kappa shape index (κ2) is 16.8. The normalized spacial score (nSPS) is 14.6.